The Hall–Kier alpha value is -4.50. The summed E-state index contributed by atoms with van der Waals surface area (Å²) in [6.07, 6.45) is 1.32. The van der Waals surface area contributed by atoms with Gasteiger partial charge in [-0.2, -0.15) is 10.2 Å². The van der Waals surface area contributed by atoms with E-state index in [1.807, 2.05) is 36.4 Å². The van der Waals surface area contributed by atoms with Crippen LogP contribution in [0.3, 0.4) is 0 Å². The van der Waals surface area contributed by atoms with E-state index < -0.39 is 10.8 Å². The molecular formula is C24H18ClN5O4. The molecule has 0 aliphatic carbocycles. The Morgan fingerprint density at radius 1 is 1.12 bits per heavy atom. The molecule has 0 aliphatic heterocycles. The Bertz CT molecular complexity index is 1350. The number of carbonyl (C=O) groups excluding carboxylic acids is 1. The molecule has 0 aliphatic rings. The molecule has 0 radical (unpaired) electrons. The Labute approximate surface area is 199 Å². The van der Waals surface area contributed by atoms with Gasteiger partial charge < -0.3 is 4.74 Å². The summed E-state index contributed by atoms with van der Waals surface area (Å²) in [5.74, 6) is 0.151. The van der Waals surface area contributed by atoms with Crippen molar-refractivity contribution in [3.05, 3.63) is 111 Å². The first-order valence-corrected chi connectivity index (χ1v) is 10.5. The van der Waals surface area contributed by atoms with Crippen molar-refractivity contribution in [3.8, 4) is 17.0 Å². The fourth-order valence-corrected chi connectivity index (χ4v) is 3.15. The van der Waals surface area contributed by atoms with Gasteiger partial charge in [-0.3, -0.25) is 20.0 Å². The highest BCUT2D eigenvalue weighted by molar-refractivity contribution is 6.30. The molecule has 1 aromatic heterocycles. The smallest absolute Gasteiger partial charge is 0.289 e. The van der Waals surface area contributed by atoms with Crippen LogP contribution in [0.4, 0.5) is 5.69 Å². The molecule has 4 aromatic rings. The van der Waals surface area contributed by atoms with E-state index in [1.165, 1.54) is 24.4 Å². The van der Waals surface area contributed by atoms with Gasteiger partial charge in [0.2, 0.25) is 0 Å². The molecule has 2 N–H and O–H groups in total. The average Bonchev–Trinajstić information content (AvgIpc) is 3.35. The second-order valence-electron chi connectivity index (χ2n) is 7.16. The zero-order valence-corrected chi connectivity index (χ0v) is 18.4. The van der Waals surface area contributed by atoms with Crippen LogP contribution < -0.4 is 10.2 Å². The lowest BCUT2D eigenvalue weighted by Crippen LogP contribution is -2.18. The van der Waals surface area contributed by atoms with E-state index in [9.17, 15) is 14.9 Å². The molecule has 0 bridgehead atoms. The van der Waals surface area contributed by atoms with Crippen LogP contribution in [0.25, 0.3) is 11.3 Å². The van der Waals surface area contributed by atoms with Crippen molar-refractivity contribution < 1.29 is 14.5 Å². The molecular weight excluding hydrogens is 458 g/mol. The van der Waals surface area contributed by atoms with E-state index >= 15 is 0 Å². The van der Waals surface area contributed by atoms with Gasteiger partial charge in [-0.05, 0) is 35.9 Å². The SMILES string of the molecule is O=C(N/N=C/c1cccc([N+](=O)[O-])c1)c1cc(-c2cccc(OCc3ccc(Cl)cc3)c2)n[nH]1. The quantitative estimate of drug-likeness (QED) is 0.211. The standard InChI is InChI=1S/C24H18ClN5O4/c25-19-9-7-16(8-10-19)15-34-21-6-2-4-18(12-21)22-13-23(28-27-22)24(31)29-26-14-17-3-1-5-20(11-17)30(32)33/h1-14H,15H2,(H,27,28)(H,29,31)/b26-14+. The number of halogens is 1. The molecule has 9 nitrogen and oxygen atoms in total. The monoisotopic (exact) mass is 475 g/mol. The average molecular weight is 476 g/mol. The number of nitrogens with zero attached hydrogens (tertiary/aromatic N) is 3. The lowest BCUT2D eigenvalue weighted by atomic mass is 10.1. The lowest BCUT2D eigenvalue weighted by Gasteiger charge is -2.07. The van der Waals surface area contributed by atoms with Gasteiger partial charge in [-0.15, -0.1) is 0 Å². The maximum atomic E-state index is 12.4. The van der Waals surface area contributed by atoms with Crippen molar-refractivity contribution in [3.63, 3.8) is 0 Å². The molecule has 1 heterocycles. The van der Waals surface area contributed by atoms with Gasteiger partial charge in [0.15, 0.2) is 0 Å². The molecule has 34 heavy (non-hydrogen) atoms. The number of rotatable bonds is 8. The molecule has 1 amide bonds. The minimum atomic E-state index is -0.504. The molecule has 3 aromatic carbocycles. The molecule has 0 saturated carbocycles. The number of benzene rings is 3. The maximum absolute atomic E-state index is 12.4. The highest BCUT2D eigenvalue weighted by Crippen LogP contribution is 2.24. The third-order valence-electron chi connectivity index (χ3n) is 4.73. The number of nitrogens with one attached hydrogen (secondary N) is 2. The van der Waals surface area contributed by atoms with Crippen LogP contribution in [0.5, 0.6) is 5.75 Å². The number of nitro benzene ring substituents is 1. The number of aromatic amines is 1. The van der Waals surface area contributed by atoms with Crippen LogP contribution in [-0.2, 0) is 6.61 Å². The van der Waals surface area contributed by atoms with Crippen molar-refractivity contribution in [2.45, 2.75) is 6.61 Å². The third-order valence-corrected chi connectivity index (χ3v) is 4.98. The molecule has 4 rings (SSSR count). The first-order chi connectivity index (χ1) is 16.5. The van der Waals surface area contributed by atoms with E-state index in [0.29, 0.717) is 28.6 Å². The minimum Gasteiger partial charge on any atom is -0.489 e. The van der Waals surface area contributed by atoms with Crippen LogP contribution >= 0.6 is 11.6 Å². The van der Waals surface area contributed by atoms with Crippen LogP contribution in [-0.4, -0.2) is 27.2 Å². The topological polar surface area (TPSA) is 123 Å². The zero-order chi connectivity index (χ0) is 23.9. The van der Waals surface area contributed by atoms with Gasteiger partial charge in [-0.1, -0.05) is 48.0 Å². The summed E-state index contributed by atoms with van der Waals surface area (Å²) in [4.78, 5) is 22.7. The van der Waals surface area contributed by atoms with Gasteiger partial charge in [0.1, 0.15) is 18.1 Å². The second kappa shape index (κ2) is 10.4. The normalized spacial score (nSPS) is 10.9. The van der Waals surface area contributed by atoms with Crippen LogP contribution in [0.2, 0.25) is 5.02 Å². The van der Waals surface area contributed by atoms with E-state index in [2.05, 4.69) is 20.7 Å². The highest BCUT2D eigenvalue weighted by atomic mass is 35.5. The summed E-state index contributed by atoms with van der Waals surface area (Å²) in [7, 11) is 0. The Morgan fingerprint density at radius 3 is 2.71 bits per heavy atom. The van der Waals surface area contributed by atoms with Crippen molar-refractivity contribution in [2.24, 2.45) is 5.10 Å². The van der Waals surface area contributed by atoms with E-state index in [-0.39, 0.29) is 11.4 Å². The number of nitro groups is 1. The lowest BCUT2D eigenvalue weighted by molar-refractivity contribution is -0.384. The Morgan fingerprint density at radius 2 is 1.91 bits per heavy atom. The summed E-state index contributed by atoms with van der Waals surface area (Å²) < 4.78 is 5.85. The molecule has 0 atom stereocenters. The Balaban J connectivity index is 1.38. The van der Waals surface area contributed by atoms with E-state index in [1.54, 1.807) is 24.3 Å². The number of aromatic nitrogens is 2. The number of non-ortho nitro benzene ring substituents is 1. The molecule has 0 spiro atoms. The second-order valence-corrected chi connectivity index (χ2v) is 7.60. The van der Waals surface area contributed by atoms with Crippen molar-refractivity contribution >= 4 is 29.4 Å². The molecule has 0 fully saturated rings. The fourth-order valence-electron chi connectivity index (χ4n) is 3.02. The van der Waals surface area contributed by atoms with Crippen LogP contribution in [0.15, 0.2) is 84.0 Å². The van der Waals surface area contributed by atoms with Gasteiger partial charge in [0.05, 0.1) is 16.8 Å². The van der Waals surface area contributed by atoms with Gasteiger partial charge in [-0.25, -0.2) is 5.43 Å². The minimum absolute atomic E-state index is 0.0622. The maximum Gasteiger partial charge on any atom is 0.289 e. The Kier molecular flexibility index (Phi) is 6.95. The van der Waals surface area contributed by atoms with Crippen LogP contribution in [0, 0.1) is 10.1 Å². The number of amides is 1. The number of hydrogen-bond donors (Lipinski definition) is 2. The molecule has 0 unspecified atom stereocenters. The first kappa shape index (κ1) is 22.7. The largest absolute Gasteiger partial charge is 0.489 e. The summed E-state index contributed by atoms with van der Waals surface area (Å²) in [5, 5.41) is 22.2. The number of hydrazone groups is 1. The van der Waals surface area contributed by atoms with Crippen molar-refractivity contribution in [1.29, 1.82) is 0 Å². The molecule has 10 heteroatoms. The fraction of sp³-hybridized carbons (Fsp3) is 0.0417. The zero-order valence-electron chi connectivity index (χ0n) is 17.6. The molecule has 0 saturated heterocycles. The van der Waals surface area contributed by atoms with Gasteiger partial charge in [0.25, 0.3) is 11.6 Å². The van der Waals surface area contributed by atoms with E-state index in [4.69, 9.17) is 16.3 Å². The van der Waals surface area contributed by atoms with Crippen LogP contribution in [0.1, 0.15) is 21.6 Å². The highest BCUT2D eigenvalue weighted by Gasteiger charge is 2.11. The van der Waals surface area contributed by atoms with Crippen molar-refractivity contribution in [1.82, 2.24) is 15.6 Å². The van der Waals surface area contributed by atoms with Crippen molar-refractivity contribution in [2.75, 3.05) is 0 Å². The van der Waals surface area contributed by atoms with E-state index in [0.717, 1.165) is 11.1 Å². The summed E-state index contributed by atoms with van der Waals surface area (Å²) >= 11 is 5.90. The first-order valence-electron chi connectivity index (χ1n) is 10.1. The molecule has 170 valence electrons. The number of ether oxygens (including phenoxy) is 1. The van der Waals surface area contributed by atoms with Gasteiger partial charge in [0, 0.05) is 28.3 Å². The number of hydrogen-bond acceptors (Lipinski definition) is 6. The number of H-pyrrole nitrogens is 1. The third kappa shape index (κ3) is 5.84. The predicted molar refractivity (Wildman–Crippen MR) is 128 cm³/mol. The predicted octanol–water partition coefficient (Wildman–Crippen LogP) is 4.98. The summed E-state index contributed by atoms with van der Waals surface area (Å²) in [5.41, 5.74) is 5.31. The summed E-state index contributed by atoms with van der Waals surface area (Å²) in [6, 6.07) is 22.3. The summed E-state index contributed by atoms with van der Waals surface area (Å²) in [6.45, 7) is 0.386. The number of carbonyl (C=O) groups is 1. The van der Waals surface area contributed by atoms with Gasteiger partial charge >= 0.3 is 0 Å².